The number of aromatic nitrogens is 3. The molecule has 1 amide bonds. The topological polar surface area (TPSA) is 63.1 Å². The second-order valence-electron chi connectivity index (χ2n) is 6.15. The van der Waals surface area contributed by atoms with Crippen molar-refractivity contribution in [1.29, 1.82) is 0 Å². The van der Waals surface area contributed by atoms with E-state index in [1.165, 1.54) is 5.69 Å². The molecule has 24 heavy (non-hydrogen) atoms. The van der Waals surface area contributed by atoms with Crippen LogP contribution >= 0.6 is 0 Å². The molecule has 3 heterocycles. The third-order valence-corrected chi connectivity index (χ3v) is 4.72. The first-order valence-electron chi connectivity index (χ1n) is 8.07. The lowest BCUT2D eigenvalue weighted by Gasteiger charge is -2.28. The average Bonchev–Trinajstić information content (AvgIpc) is 3.19. The molecule has 6 nitrogen and oxygen atoms in total. The molecule has 124 valence electrons. The van der Waals surface area contributed by atoms with E-state index < -0.39 is 0 Å². The Hall–Kier alpha value is -2.60. The zero-order chi connectivity index (χ0) is 16.7. The number of aromatic amines is 1. The summed E-state index contributed by atoms with van der Waals surface area (Å²) in [5, 5.41) is 5.51. The van der Waals surface area contributed by atoms with E-state index in [4.69, 9.17) is 4.74 Å². The van der Waals surface area contributed by atoms with Crippen LogP contribution in [-0.4, -0.2) is 39.2 Å². The molecule has 6 heteroatoms. The van der Waals surface area contributed by atoms with Gasteiger partial charge in [0.25, 0.3) is 5.91 Å². The van der Waals surface area contributed by atoms with Gasteiger partial charge in [0, 0.05) is 67.6 Å². The normalized spacial score (nSPS) is 14.2. The number of carbonyl (C=O) groups is 1. The van der Waals surface area contributed by atoms with Crippen LogP contribution in [0.15, 0.2) is 30.5 Å². The van der Waals surface area contributed by atoms with Crippen molar-refractivity contribution < 1.29 is 9.53 Å². The quantitative estimate of drug-likeness (QED) is 0.804. The Morgan fingerprint density at radius 1 is 1.38 bits per heavy atom. The highest BCUT2D eigenvalue weighted by atomic mass is 16.5. The lowest BCUT2D eigenvalue weighted by molar-refractivity contribution is 0.0733. The fourth-order valence-electron chi connectivity index (χ4n) is 3.54. The monoisotopic (exact) mass is 324 g/mol. The molecule has 0 bridgehead atoms. The second kappa shape index (κ2) is 5.79. The molecule has 2 aromatic heterocycles. The summed E-state index contributed by atoms with van der Waals surface area (Å²) in [5.41, 5.74) is 4.98. The number of carbonyl (C=O) groups excluding carboxylic acids is 1. The average molecular weight is 324 g/mol. The number of benzene rings is 1. The molecule has 0 fully saturated rings. The van der Waals surface area contributed by atoms with Crippen LogP contribution in [0.2, 0.25) is 0 Å². The van der Waals surface area contributed by atoms with Gasteiger partial charge in [-0.25, -0.2) is 0 Å². The molecule has 0 radical (unpaired) electrons. The van der Waals surface area contributed by atoms with Crippen LogP contribution in [0, 0.1) is 0 Å². The number of fused-ring (bicyclic) bond motifs is 2. The first kappa shape index (κ1) is 15.0. The first-order valence-corrected chi connectivity index (χ1v) is 8.07. The lowest BCUT2D eigenvalue weighted by atomic mass is 10.0. The van der Waals surface area contributed by atoms with Crippen LogP contribution in [0.4, 0.5) is 0 Å². The molecule has 0 aliphatic carbocycles. The van der Waals surface area contributed by atoms with Gasteiger partial charge in [-0.3, -0.25) is 9.48 Å². The number of aryl methyl sites for hydroxylation is 1. The van der Waals surface area contributed by atoms with E-state index in [1.807, 2.05) is 47.1 Å². The zero-order valence-electron chi connectivity index (χ0n) is 13.9. The van der Waals surface area contributed by atoms with Crippen molar-refractivity contribution in [3.8, 4) is 0 Å². The minimum Gasteiger partial charge on any atom is -0.378 e. The maximum atomic E-state index is 13.1. The summed E-state index contributed by atoms with van der Waals surface area (Å²) in [6.07, 6.45) is 2.69. The molecule has 0 atom stereocenters. The number of amides is 1. The fraction of sp³-hybridized carbons (Fsp3) is 0.333. The van der Waals surface area contributed by atoms with E-state index in [9.17, 15) is 4.79 Å². The van der Waals surface area contributed by atoms with E-state index in [0.29, 0.717) is 19.7 Å². The van der Waals surface area contributed by atoms with Gasteiger partial charge in [0.2, 0.25) is 0 Å². The van der Waals surface area contributed by atoms with Gasteiger partial charge in [0.05, 0.1) is 12.3 Å². The van der Waals surface area contributed by atoms with Crippen LogP contribution < -0.4 is 0 Å². The summed E-state index contributed by atoms with van der Waals surface area (Å²) >= 11 is 0. The Kier molecular flexibility index (Phi) is 3.61. The van der Waals surface area contributed by atoms with Crippen molar-refractivity contribution >= 4 is 16.8 Å². The van der Waals surface area contributed by atoms with Crippen LogP contribution in [-0.2, 0) is 31.4 Å². The van der Waals surface area contributed by atoms with Gasteiger partial charge in [0.1, 0.15) is 0 Å². The Balaban J connectivity index is 1.67. The molecule has 4 rings (SSSR count). The molecule has 3 aromatic rings. The summed E-state index contributed by atoms with van der Waals surface area (Å²) in [6.45, 7) is 1.76. The van der Waals surface area contributed by atoms with E-state index >= 15 is 0 Å². The summed E-state index contributed by atoms with van der Waals surface area (Å²) in [4.78, 5) is 18.1. The van der Waals surface area contributed by atoms with Crippen LogP contribution in [0.25, 0.3) is 10.9 Å². The molecular formula is C18H20N4O2. The number of ether oxygens (including phenoxy) is 1. The molecule has 0 saturated carbocycles. The minimum absolute atomic E-state index is 0.0677. The van der Waals surface area contributed by atoms with Crippen molar-refractivity contribution in [1.82, 2.24) is 19.7 Å². The van der Waals surface area contributed by atoms with Crippen LogP contribution in [0.3, 0.4) is 0 Å². The predicted molar refractivity (Wildman–Crippen MR) is 90.7 cm³/mol. The van der Waals surface area contributed by atoms with Crippen molar-refractivity contribution in [3.05, 3.63) is 53.0 Å². The maximum Gasteiger partial charge on any atom is 0.254 e. The molecular weight excluding hydrogens is 304 g/mol. The number of hydrogen-bond donors (Lipinski definition) is 1. The largest absolute Gasteiger partial charge is 0.378 e. The number of rotatable bonds is 3. The van der Waals surface area contributed by atoms with Crippen molar-refractivity contribution in [3.63, 3.8) is 0 Å². The highest BCUT2D eigenvalue weighted by molar-refractivity contribution is 6.06. The third-order valence-electron chi connectivity index (χ3n) is 4.72. The smallest absolute Gasteiger partial charge is 0.254 e. The molecule has 1 aromatic carbocycles. The Bertz CT molecular complexity index is 909. The van der Waals surface area contributed by atoms with E-state index in [-0.39, 0.29) is 5.91 Å². The highest BCUT2D eigenvalue weighted by Crippen LogP contribution is 2.26. The standard InChI is InChI=1S/C18H20N4O2/c1-21-17-7-9-22(10-14(17)16(20-21)11-24-2)18(23)13-4-3-5-15-12(13)6-8-19-15/h3-6,8,19H,7,9-11H2,1-2H3. The van der Waals surface area contributed by atoms with Gasteiger partial charge in [-0.1, -0.05) is 6.07 Å². The molecule has 1 N–H and O–H groups in total. The van der Waals surface area contributed by atoms with Crippen LogP contribution in [0.1, 0.15) is 27.3 Å². The zero-order valence-corrected chi connectivity index (χ0v) is 13.9. The second-order valence-corrected chi connectivity index (χ2v) is 6.15. The minimum atomic E-state index is 0.0677. The maximum absolute atomic E-state index is 13.1. The number of methoxy groups -OCH3 is 1. The van der Waals surface area contributed by atoms with E-state index in [1.54, 1.807) is 7.11 Å². The lowest BCUT2D eigenvalue weighted by Crippen LogP contribution is -2.36. The van der Waals surface area contributed by atoms with Gasteiger partial charge in [-0.15, -0.1) is 0 Å². The third kappa shape index (κ3) is 2.30. The van der Waals surface area contributed by atoms with Gasteiger partial charge in [-0.2, -0.15) is 5.10 Å². The number of nitrogens with zero attached hydrogens (tertiary/aromatic N) is 3. The Morgan fingerprint density at radius 2 is 2.25 bits per heavy atom. The molecule has 0 unspecified atom stereocenters. The molecule has 1 aliphatic heterocycles. The van der Waals surface area contributed by atoms with Crippen molar-refractivity contribution in [2.45, 2.75) is 19.6 Å². The first-order chi connectivity index (χ1) is 11.7. The molecule has 0 saturated heterocycles. The van der Waals surface area contributed by atoms with E-state index in [2.05, 4.69) is 10.1 Å². The summed E-state index contributed by atoms with van der Waals surface area (Å²) in [6, 6.07) is 7.76. The number of hydrogen-bond acceptors (Lipinski definition) is 3. The SMILES string of the molecule is COCc1nn(C)c2c1CN(C(=O)c1cccc3[nH]ccc13)CC2. The van der Waals surface area contributed by atoms with Crippen LogP contribution in [0.5, 0.6) is 0 Å². The predicted octanol–water partition coefficient (Wildman–Crippen LogP) is 2.25. The highest BCUT2D eigenvalue weighted by Gasteiger charge is 2.27. The molecule has 1 aliphatic rings. The molecule has 0 spiro atoms. The Labute approximate surface area is 140 Å². The summed E-state index contributed by atoms with van der Waals surface area (Å²) in [5.74, 6) is 0.0677. The number of nitrogens with one attached hydrogen (secondary N) is 1. The van der Waals surface area contributed by atoms with Gasteiger partial charge >= 0.3 is 0 Å². The van der Waals surface area contributed by atoms with E-state index in [0.717, 1.165) is 34.1 Å². The fourth-order valence-corrected chi connectivity index (χ4v) is 3.54. The summed E-state index contributed by atoms with van der Waals surface area (Å²) < 4.78 is 7.17. The Morgan fingerprint density at radius 3 is 3.08 bits per heavy atom. The number of H-pyrrole nitrogens is 1. The van der Waals surface area contributed by atoms with Crippen molar-refractivity contribution in [2.75, 3.05) is 13.7 Å². The van der Waals surface area contributed by atoms with Gasteiger partial charge in [0.15, 0.2) is 0 Å². The van der Waals surface area contributed by atoms with Gasteiger partial charge in [-0.05, 0) is 18.2 Å². The van der Waals surface area contributed by atoms with Gasteiger partial charge < -0.3 is 14.6 Å². The summed E-state index contributed by atoms with van der Waals surface area (Å²) in [7, 11) is 3.62. The van der Waals surface area contributed by atoms with Crippen molar-refractivity contribution in [2.24, 2.45) is 7.05 Å².